The summed E-state index contributed by atoms with van der Waals surface area (Å²) >= 11 is 0. The molecule has 0 radical (unpaired) electrons. The molecule has 0 atom stereocenters. The van der Waals surface area contributed by atoms with Crippen LogP contribution >= 0.6 is 0 Å². The van der Waals surface area contributed by atoms with Crippen LogP contribution in [0.25, 0.3) is 0 Å². The smallest absolute Gasteiger partial charge is 0.228 e. The van der Waals surface area contributed by atoms with Gasteiger partial charge >= 0.3 is 0 Å². The van der Waals surface area contributed by atoms with Gasteiger partial charge in [-0.1, -0.05) is 19.4 Å². The zero-order chi connectivity index (χ0) is 17.2. The highest BCUT2D eigenvalue weighted by atomic mass is 32.2. The topological polar surface area (TPSA) is 52.0 Å². The predicted molar refractivity (Wildman–Crippen MR) is 88.6 cm³/mol. The third-order valence-electron chi connectivity index (χ3n) is 4.09. The Kier molecular flexibility index (Phi) is 5.24. The van der Waals surface area contributed by atoms with Gasteiger partial charge < -0.3 is 4.57 Å². The monoisotopic (exact) mass is 338 g/mol. The van der Waals surface area contributed by atoms with Crippen LogP contribution in [0.3, 0.4) is 0 Å². The lowest BCUT2D eigenvalue weighted by Gasteiger charge is -2.11. The minimum absolute atomic E-state index is 0.115. The molecule has 2 aromatic rings. The van der Waals surface area contributed by atoms with Gasteiger partial charge in [0.2, 0.25) is 15.0 Å². The van der Waals surface area contributed by atoms with Crippen molar-refractivity contribution in [3.63, 3.8) is 0 Å². The Balaban J connectivity index is 2.41. The lowest BCUT2D eigenvalue weighted by atomic mass is 10.1. The number of unbranched alkanes of at least 4 members (excludes halogenated alkanes) is 1. The van der Waals surface area contributed by atoms with Gasteiger partial charge in [0.25, 0.3) is 0 Å². The summed E-state index contributed by atoms with van der Waals surface area (Å²) in [6.45, 7) is 8.13. The van der Waals surface area contributed by atoms with Gasteiger partial charge in [-0.2, -0.15) is 0 Å². The Bertz CT molecular complexity index is 810. The van der Waals surface area contributed by atoms with E-state index in [1.165, 1.54) is 18.2 Å². The fraction of sp³-hybridized carbons (Fsp3) is 0.471. The molecule has 0 amide bonds. The number of aromatic nitrogens is 2. The standard InChI is InChI=1S/C17H23FN2O2S/c1-5-6-9-20-14(4)13(3)19-17(20)23(21,22)11-15-7-8-16(18)10-12(15)2/h7-8,10H,5-6,9,11H2,1-4H3. The third-order valence-corrected chi connectivity index (χ3v) is 5.65. The number of aryl methyl sites for hydroxylation is 2. The van der Waals surface area contributed by atoms with Gasteiger partial charge in [-0.3, -0.25) is 0 Å². The van der Waals surface area contributed by atoms with Crippen molar-refractivity contribution in [3.05, 3.63) is 46.5 Å². The van der Waals surface area contributed by atoms with Crippen LogP contribution in [0.2, 0.25) is 0 Å². The van der Waals surface area contributed by atoms with Crippen LogP contribution in [0.5, 0.6) is 0 Å². The SMILES string of the molecule is CCCCn1c(S(=O)(=O)Cc2ccc(F)cc2C)nc(C)c1C. The number of hydrogen-bond acceptors (Lipinski definition) is 3. The van der Waals surface area contributed by atoms with E-state index < -0.39 is 9.84 Å². The van der Waals surface area contributed by atoms with Crippen molar-refractivity contribution in [2.45, 2.75) is 58.0 Å². The highest BCUT2D eigenvalue weighted by molar-refractivity contribution is 7.90. The first-order valence-corrected chi connectivity index (χ1v) is 9.43. The first-order chi connectivity index (χ1) is 10.8. The fourth-order valence-corrected chi connectivity index (χ4v) is 4.23. The molecule has 4 nitrogen and oxygen atoms in total. The maximum Gasteiger partial charge on any atom is 0.228 e. The molecule has 0 aliphatic heterocycles. The second-order valence-corrected chi connectivity index (χ2v) is 7.78. The summed E-state index contributed by atoms with van der Waals surface area (Å²) in [5, 5.41) is 0.115. The van der Waals surface area contributed by atoms with Gasteiger partial charge in [0.15, 0.2) is 0 Å². The average Bonchev–Trinajstić information content (AvgIpc) is 2.76. The molecule has 2 rings (SSSR count). The molecule has 0 aliphatic carbocycles. The molecule has 1 heterocycles. The molecule has 0 N–H and O–H groups in total. The van der Waals surface area contributed by atoms with E-state index in [-0.39, 0.29) is 16.7 Å². The molecule has 0 saturated carbocycles. The Morgan fingerprint density at radius 1 is 1.22 bits per heavy atom. The Morgan fingerprint density at radius 3 is 2.52 bits per heavy atom. The van der Waals surface area contributed by atoms with Crippen molar-refractivity contribution >= 4 is 9.84 Å². The van der Waals surface area contributed by atoms with Gasteiger partial charge in [0.1, 0.15) is 5.82 Å². The highest BCUT2D eigenvalue weighted by Gasteiger charge is 2.25. The van der Waals surface area contributed by atoms with Gasteiger partial charge in [0, 0.05) is 12.2 Å². The molecular formula is C17H23FN2O2S. The minimum Gasteiger partial charge on any atom is -0.319 e. The van der Waals surface area contributed by atoms with Crippen molar-refractivity contribution in [3.8, 4) is 0 Å². The molecule has 126 valence electrons. The normalized spacial score (nSPS) is 11.9. The maximum atomic E-state index is 13.2. The summed E-state index contributed by atoms with van der Waals surface area (Å²) in [6, 6.07) is 4.17. The lowest BCUT2D eigenvalue weighted by Crippen LogP contribution is -2.14. The van der Waals surface area contributed by atoms with Crippen LogP contribution in [0.1, 0.15) is 42.3 Å². The summed E-state index contributed by atoms with van der Waals surface area (Å²) in [7, 11) is -3.58. The van der Waals surface area contributed by atoms with Crippen molar-refractivity contribution in [2.24, 2.45) is 0 Å². The van der Waals surface area contributed by atoms with Crippen LogP contribution in [0.4, 0.5) is 4.39 Å². The number of rotatable bonds is 6. The van der Waals surface area contributed by atoms with Crippen LogP contribution < -0.4 is 0 Å². The molecule has 23 heavy (non-hydrogen) atoms. The van der Waals surface area contributed by atoms with Crippen molar-refractivity contribution in [1.82, 2.24) is 9.55 Å². The van der Waals surface area contributed by atoms with Crippen LogP contribution in [-0.2, 0) is 22.1 Å². The molecule has 0 fully saturated rings. The summed E-state index contributed by atoms with van der Waals surface area (Å²) in [5.74, 6) is -0.527. The molecule has 1 aromatic heterocycles. The molecule has 0 unspecified atom stereocenters. The van der Waals surface area contributed by atoms with Crippen molar-refractivity contribution in [2.75, 3.05) is 0 Å². The second kappa shape index (κ2) is 6.83. The fourth-order valence-electron chi connectivity index (χ4n) is 2.53. The van der Waals surface area contributed by atoms with E-state index in [2.05, 4.69) is 11.9 Å². The Hall–Kier alpha value is -1.69. The lowest BCUT2D eigenvalue weighted by molar-refractivity contribution is 0.538. The number of benzene rings is 1. The molecule has 0 spiro atoms. The van der Waals surface area contributed by atoms with E-state index >= 15 is 0 Å². The average molecular weight is 338 g/mol. The molecule has 0 saturated heterocycles. The first kappa shape index (κ1) is 17.7. The van der Waals surface area contributed by atoms with Crippen molar-refractivity contribution in [1.29, 1.82) is 0 Å². The number of halogens is 1. The predicted octanol–water partition coefficient (Wildman–Crippen LogP) is 3.72. The van der Waals surface area contributed by atoms with Crippen LogP contribution in [-0.4, -0.2) is 18.0 Å². The minimum atomic E-state index is -3.58. The zero-order valence-electron chi connectivity index (χ0n) is 14.1. The molecule has 6 heteroatoms. The van der Waals surface area contributed by atoms with Crippen molar-refractivity contribution < 1.29 is 12.8 Å². The van der Waals surface area contributed by atoms with E-state index in [0.29, 0.717) is 17.7 Å². The summed E-state index contributed by atoms with van der Waals surface area (Å²) in [6.07, 6.45) is 1.88. The van der Waals surface area contributed by atoms with E-state index in [1.54, 1.807) is 11.5 Å². The van der Waals surface area contributed by atoms with Gasteiger partial charge in [-0.15, -0.1) is 0 Å². The number of hydrogen-bond donors (Lipinski definition) is 0. The van der Waals surface area contributed by atoms with E-state index in [1.807, 2.05) is 13.8 Å². The largest absolute Gasteiger partial charge is 0.319 e. The molecular weight excluding hydrogens is 315 g/mol. The van der Waals surface area contributed by atoms with E-state index in [9.17, 15) is 12.8 Å². The van der Waals surface area contributed by atoms with E-state index in [4.69, 9.17) is 0 Å². The second-order valence-electron chi connectivity index (χ2n) is 5.90. The van der Waals surface area contributed by atoms with E-state index in [0.717, 1.165) is 24.2 Å². The summed E-state index contributed by atoms with van der Waals surface area (Å²) < 4.78 is 40.6. The zero-order valence-corrected chi connectivity index (χ0v) is 14.9. The number of imidazole rings is 1. The van der Waals surface area contributed by atoms with Gasteiger partial charge in [0.05, 0.1) is 11.4 Å². The van der Waals surface area contributed by atoms with Gasteiger partial charge in [-0.05, 0) is 50.5 Å². The quantitative estimate of drug-likeness (QED) is 0.806. The molecule has 0 bridgehead atoms. The number of sulfone groups is 1. The molecule has 0 aliphatic rings. The Morgan fingerprint density at radius 2 is 1.91 bits per heavy atom. The third kappa shape index (κ3) is 3.80. The molecule has 1 aromatic carbocycles. The number of nitrogens with zero attached hydrogens (tertiary/aromatic N) is 2. The summed E-state index contributed by atoms with van der Waals surface area (Å²) in [4.78, 5) is 4.28. The highest BCUT2D eigenvalue weighted by Crippen LogP contribution is 2.22. The summed E-state index contributed by atoms with van der Waals surface area (Å²) in [5.41, 5.74) is 2.85. The van der Waals surface area contributed by atoms with Crippen LogP contribution in [0, 0.1) is 26.6 Å². The maximum absolute atomic E-state index is 13.2. The Labute approximate surface area is 137 Å². The first-order valence-electron chi connectivity index (χ1n) is 7.77. The van der Waals surface area contributed by atoms with Crippen LogP contribution in [0.15, 0.2) is 23.4 Å². The van der Waals surface area contributed by atoms with Gasteiger partial charge in [-0.25, -0.2) is 17.8 Å².